The van der Waals surface area contributed by atoms with Crippen LogP contribution < -0.4 is 0 Å². The Morgan fingerprint density at radius 1 is 0.259 bits per heavy atom. The molecule has 0 spiro atoms. The van der Waals surface area contributed by atoms with Gasteiger partial charge < -0.3 is 14.2 Å². The first-order valence-electron chi connectivity index (χ1n) is 34.7. The summed E-state index contributed by atoms with van der Waals surface area (Å²) >= 11 is 0. The monoisotopic (exact) mass is 1130 g/mol. The molecule has 1 atom stereocenters. The third-order valence-corrected chi connectivity index (χ3v) is 15.0. The van der Waals surface area contributed by atoms with E-state index < -0.39 is 6.10 Å². The molecule has 6 nitrogen and oxygen atoms in total. The van der Waals surface area contributed by atoms with Crippen LogP contribution >= 0.6 is 0 Å². The Morgan fingerprint density at radius 3 is 0.778 bits per heavy atom. The van der Waals surface area contributed by atoms with Gasteiger partial charge in [0.15, 0.2) is 6.10 Å². The van der Waals surface area contributed by atoms with Gasteiger partial charge in [0.2, 0.25) is 0 Å². The van der Waals surface area contributed by atoms with Gasteiger partial charge in [0.05, 0.1) is 0 Å². The van der Waals surface area contributed by atoms with E-state index in [4.69, 9.17) is 14.2 Å². The third kappa shape index (κ3) is 67.0. The molecule has 81 heavy (non-hydrogen) atoms. The number of hydrogen-bond donors (Lipinski definition) is 0. The number of unbranched alkanes of at least 4 members (excludes halogenated alkanes) is 36. The fourth-order valence-electron chi connectivity index (χ4n) is 9.85. The van der Waals surface area contributed by atoms with Crippen LogP contribution in [0.1, 0.15) is 342 Å². The zero-order valence-electron chi connectivity index (χ0n) is 53.5. The number of allylic oxidation sites excluding steroid dienone is 16. The normalized spacial score (nSPS) is 12.7. The Labute approximate surface area is 502 Å². The van der Waals surface area contributed by atoms with E-state index in [0.29, 0.717) is 19.3 Å². The molecule has 1 unspecified atom stereocenters. The highest BCUT2D eigenvalue weighted by atomic mass is 16.6. The fraction of sp³-hybridized carbons (Fsp3) is 0.747. The van der Waals surface area contributed by atoms with Crippen molar-refractivity contribution in [3.8, 4) is 0 Å². The Kier molecular flexibility index (Phi) is 65.7. The van der Waals surface area contributed by atoms with E-state index in [2.05, 4.69) is 118 Å². The molecule has 0 rings (SSSR count). The first kappa shape index (κ1) is 77.3. The smallest absolute Gasteiger partial charge is 0.306 e. The maximum Gasteiger partial charge on any atom is 0.306 e. The fourth-order valence-corrected chi connectivity index (χ4v) is 9.85. The predicted octanol–water partition coefficient (Wildman–Crippen LogP) is 24.0. The SMILES string of the molecule is CC/C=C\C/C=C\C/C=C\CCCCCCCCCC(=O)OCC(COC(=O)CCCCCCCCCCCCCC/C=C\C/C=C\C/C=C\CCCCCCC)OC(=O)CCCCCCCCCCC/C=C\C/C=C\CCCCC. The van der Waals surface area contributed by atoms with Crippen molar-refractivity contribution in [1.82, 2.24) is 0 Å². The molecule has 0 saturated heterocycles. The lowest BCUT2D eigenvalue weighted by Gasteiger charge is -2.18. The second-order valence-electron chi connectivity index (χ2n) is 23.1. The van der Waals surface area contributed by atoms with Gasteiger partial charge in [0, 0.05) is 19.3 Å². The number of rotatable bonds is 63. The minimum atomic E-state index is -0.788. The number of hydrogen-bond acceptors (Lipinski definition) is 6. The Morgan fingerprint density at radius 2 is 0.481 bits per heavy atom. The second-order valence-corrected chi connectivity index (χ2v) is 23.1. The van der Waals surface area contributed by atoms with E-state index >= 15 is 0 Å². The number of esters is 3. The summed E-state index contributed by atoms with van der Waals surface area (Å²) in [5.41, 5.74) is 0. The van der Waals surface area contributed by atoms with Crippen molar-refractivity contribution in [3.63, 3.8) is 0 Å². The van der Waals surface area contributed by atoms with E-state index in [1.54, 1.807) is 0 Å². The first-order chi connectivity index (χ1) is 40.0. The molecule has 0 N–H and O–H groups in total. The van der Waals surface area contributed by atoms with Gasteiger partial charge in [-0.3, -0.25) is 14.4 Å². The molecule has 0 aliphatic heterocycles. The van der Waals surface area contributed by atoms with Crippen LogP contribution in [0, 0.1) is 0 Å². The van der Waals surface area contributed by atoms with Crippen molar-refractivity contribution in [1.29, 1.82) is 0 Å². The predicted molar refractivity (Wildman–Crippen MR) is 353 cm³/mol. The van der Waals surface area contributed by atoms with Gasteiger partial charge in [-0.25, -0.2) is 0 Å². The van der Waals surface area contributed by atoms with E-state index in [9.17, 15) is 14.4 Å². The van der Waals surface area contributed by atoms with E-state index in [0.717, 1.165) is 103 Å². The zero-order valence-corrected chi connectivity index (χ0v) is 53.5. The Balaban J connectivity index is 4.34. The lowest BCUT2D eigenvalue weighted by Crippen LogP contribution is -2.30. The standard InChI is InChI=1S/C75H130O6/c1-4-7-10-13-16-19-22-25-28-31-33-34-35-36-37-38-39-40-42-44-47-50-53-56-59-62-65-68-74(77)80-71-72(70-79-73(76)67-64-61-58-55-52-49-46-43-30-27-24-21-18-15-12-9-6-3)81-75(78)69-66-63-60-57-54-51-48-45-41-32-29-26-23-20-17-14-11-8-5-2/h9,12,17-18,20-22,25-27,29-31,33,35-36,72H,4-8,10-11,13-16,19,23-24,28,32,34,37-71H2,1-3H3/b12-9-,20-17-,21-18-,25-22-,29-26-,30-27-,33-31-,36-35-. The van der Waals surface area contributed by atoms with Crippen LogP contribution in [0.3, 0.4) is 0 Å². The highest BCUT2D eigenvalue weighted by molar-refractivity contribution is 5.71. The van der Waals surface area contributed by atoms with Gasteiger partial charge >= 0.3 is 17.9 Å². The van der Waals surface area contributed by atoms with Crippen molar-refractivity contribution < 1.29 is 28.6 Å². The van der Waals surface area contributed by atoms with Crippen molar-refractivity contribution in [2.24, 2.45) is 0 Å². The molecule has 6 heteroatoms. The summed E-state index contributed by atoms with van der Waals surface area (Å²) in [5.74, 6) is -0.884. The van der Waals surface area contributed by atoms with Gasteiger partial charge in [-0.1, -0.05) is 298 Å². The van der Waals surface area contributed by atoms with Crippen LogP contribution in [0.4, 0.5) is 0 Å². The largest absolute Gasteiger partial charge is 0.462 e. The molecule has 0 aliphatic rings. The zero-order chi connectivity index (χ0) is 58.5. The summed E-state index contributed by atoms with van der Waals surface area (Å²) in [4.78, 5) is 38.5. The number of carbonyl (C=O) groups excluding carboxylic acids is 3. The lowest BCUT2D eigenvalue weighted by molar-refractivity contribution is -0.167. The second kappa shape index (κ2) is 68.8. The van der Waals surface area contributed by atoms with Crippen molar-refractivity contribution in [2.45, 2.75) is 348 Å². The van der Waals surface area contributed by atoms with Gasteiger partial charge in [-0.05, 0) is 122 Å². The van der Waals surface area contributed by atoms with Crippen LogP contribution in [-0.4, -0.2) is 37.2 Å². The summed E-state index contributed by atoms with van der Waals surface area (Å²) in [5, 5.41) is 0. The molecule has 0 amide bonds. The van der Waals surface area contributed by atoms with Crippen molar-refractivity contribution in [2.75, 3.05) is 13.2 Å². The highest BCUT2D eigenvalue weighted by Crippen LogP contribution is 2.17. The van der Waals surface area contributed by atoms with E-state index in [-0.39, 0.29) is 31.1 Å². The first-order valence-corrected chi connectivity index (χ1v) is 34.7. The molecule has 0 bridgehead atoms. The molecule has 466 valence electrons. The molecule has 0 aliphatic carbocycles. The van der Waals surface area contributed by atoms with Gasteiger partial charge in [-0.2, -0.15) is 0 Å². The molecule has 0 fully saturated rings. The lowest BCUT2D eigenvalue weighted by atomic mass is 10.0. The summed E-state index contributed by atoms with van der Waals surface area (Å²) in [6.07, 6.45) is 92.8. The maximum atomic E-state index is 13.0. The summed E-state index contributed by atoms with van der Waals surface area (Å²) in [7, 11) is 0. The average Bonchev–Trinajstić information content (AvgIpc) is 3.47. The quantitative estimate of drug-likeness (QED) is 0.0261. The minimum Gasteiger partial charge on any atom is -0.462 e. The van der Waals surface area contributed by atoms with Crippen LogP contribution in [0.25, 0.3) is 0 Å². The topological polar surface area (TPSA) is 78.9 Å². The molecule has 0 heterocycles. The molecule has 0 aromatic heterocycles. The summed E-state index contributed by atoms with van der Waals surface area (Å²) < 4.78 is 17.0. The van der Waals surface area contributed by atoms with E-state index in [1.807, 2.05) is 0 Å². The van der Waals surface area contributed by atoms with Gasteiger partial charge in [0.25, 0.3) is 0 Å². The molecule has 0 saturated carbocycles. The summed E-state index contributed by atoms with van der Waals surface area (Å²) in [6, 6.07) is 0. The highest BCUT2D eigenvalue weighted by Gasteiger charge is 2.19. The molecule has 0 aromatic carbocycles. The number of carbonyl (C=O) groups is 3. The van der Waals surface area contributed by atoms with Crippen molar-refractivity contribution >= 4 is 17.9 Å². The van der Waals surface area contributed by atoms with Crippen LogP contribution in [0.2, 0.25) is 0 Å². The van der Waals surface area contributed by atoms with Crippen LogP contribution in [-0.2, 0) is 28.6 Å². The molecular weight excluding hydrogens is 997 g/mol. The number of ether oxygens (including phenoxy) is 3. The minimum absolute atomic E-state index is 0.0822. The molecule has 0 aromatic rings. The van der Waals surface area contributed by atoms with Crippen molar-refractivity contribution in [3.05, 3.63) is 97.2 Å². The van der Waals surface area contributed by atoms with Crippen LogP contribution in [0.15, 0.2) is 97.2 Å². The maximum absolute atomic E-state index is 13.0. The Hall–Kier alpha value is -3.67. The molecule has 0 radical (unpaired) electrons. The van der Waals surface area contributed by atoms with Gasteiger partial charge in [-0.15, -0.1) is 0 Å². The Bertz CT molecular complexity index is 1580. The third-order valence-electron chi connectivity index (χ3n) is 15.0. The van der Waals surface area contributed by atoms with Gasteiger partial charge in [0.1, 0.15) is 13.2 Å². The van der Waals surface area contributed by atoms with Crippen LogP contribution in [0.5, 0.6) is 0 Å². The van der Waals surface area contributed by atoms with E-state index in [1.165, 1.54) is 199 Å². The summed E-state index contributed by atoms with van der Waals surface area (Å²) in [6.45, 7) is 6.52. The molecular formula is C75H130O6. The average molecular weight is 1130 g/mol.